The van der Waals surface area contributed by atoms with Gasteiger partial charge in [-0.15, -0.1) is 0 Å². The van der Waals surface area contributed by atoms with Crippen molar-refractivity contribution in [3.63, 3.8) is 0 Å². The highest BCUT2D eigenvalue weighted by molar-refractivity contribution is 5.97. The van der Waals surface area contributed by atoms with Gasteiger partial charge in [0.05, 0.1) is 6.61 Å². The van der Waals surface area contributed by atoms with E-state index >= 15 is 0 Å². The van der Waals surface area contributed by atoms with Crippen LogP contribution in [0.25, 0.3) is 6.08 Å². The third-order valence-corrected chi connectivity index (χ3v) is 4.41. The Kier molecular flexibility index (Phi) is 5.68. The number of rotatable bonds is 6. The van der Waals surface area contributed by atoms with Crippen LogP contribution in [-0.4, -0.2) is 29.4 Å². The zero-order valence-electron chi connectivity index (χ0n) is 15.8. The van der Waals surface area contributed by atoms with E-state index in [0.717, 1.165) is 11.1 Å². The maximum absolute atomic E-state index is 12.7. The normalized spacial score (nSPS) is 20.1. The van der Waals surface area contributed by atoms with E-state index in [2.05, 4.69) is 0 Å². The molecule has 0 saturated carbocycles. The minimum Gasteiger partial charge on any atom is -0.508 e. The van der Waals surface area contributed by atoms with Crippen LogP contribution in [0.3, 0.4) is 0 Å². The van der Waals surface area contributed by atoms with E-state index in [1.54, 1.807) is 38.1 Å². The molecule has 1 fully saturated rings. The maximum atomic E-state index is 12.7. The molecule has 0 aromatic heterocycles. The molecule has 1 saturated heterocycles. The molecule has 1 heterocycles. The molecule has 1 aliphatic rings. The Morgan fingerprint density at radius 3 is 2.43 bits per heavy atom. The lowest BCUT2D eigenvalue weighted by atomic mass is 10.0. The van der Waals surface area contributed by atoms with Crippen LogP contribution in [-0.2, 0) is 30.2 Å². The van der Waals surface area contributed by atoms with Crippen molar-refractivity contribution < 1.29 is 28.9 Å². The van der Waals surface area contributed by atoms with Crippen molar-refractivity contribution in [1.82, 2.24) is 0 Å². The van der Waals surface area contributed by atoms with Crippen LogP contribution in [0.4, 0.5) is 0 Å². The summed E-state index contributed by atoms with van der Waals surface area (Å²) in [5.74, 6) is -3.55. The van der Waals surface area contributed by atoms with Crippen LogP contribution in [0.15, 0.2) is 60.4 Å². The summed E-state index contributed by atoms with van der Waals surface area (Å²) in [5, 5.41) is 9.31. The first-order valence-electron chi connectivity index (χ1n) is 9.05. The molecule has 0 amide bonds. The van der Waals surface area contributed by atoms with E-state index in [4.69, 9.17) is 14.2 Å². The van der Waals surface area contributed by atoms with Crippen LogP contribution in [0.2, 0.25) is 0 Å². The molecule has 0 radical (unpaired) electrons. The Hall–Kier alpha value is -3.28. The van der Waals surface area contributed by atoms with Crippen molar-refractivity contribution >= 4 is 18.0 Å². The molecular weight excluding hydrogens is 360 g/mol. The molecule has 0 aliphatic carbocycles. The van der Waals surface area contributed by atoms with E-state index in [1.807, 2.05) is 30.3 Å². The van der Waals surface area contributed by atoms with Gasteiger partial charge < -0.3 is 19.3 Å². The standard InChI is InChI=1S/C22H22O6/c1-15(2)22(21(25)26-13-12-16-8-10-18(23)11-9-16)27-19(20(24)28-22)14-17-6-4-3-5-7-17/h3-11,14-15,23H,12-13H2,1-2H3/b19-14-. The number of ether oxygens (including phenoxy) is 3. The highest BCUT2D eigenvalue weighted by Gasteiger charge is 2.56. The molecule has 3 rings (SSSR count). The van der Waals surface area contributed by atoms with Gasteiger partial charge in [0.25, 0.3) is 0 Å². The number of benzene rings is 2. The number of hydrogen-bond acceptors (Lipinski definition) is 6. The molecular formula is C22H22O6. The second-order valence-electron chi connectivity index (χ2n) is 6.79. The van der Waals surface area contributed by atoms with Crippen molar-refractivity contribution in [2.75, 3.05) is 6.61 Å². The molecule has 1 atom stereocenters. The predicted octanol–water partition coefficient (Wildman–Crippen LogP) is 3.44. The third-order valence-electron chi connectivity index (χ3n) is 4.41. The molecule has 1 N–H and O–H groups in total. The number of phenols is 1. The maximum Gasteiger partial charge on any atom is 0.393 e. The Labute approximate surface area is 163 Å². The lowest BCUT2D eigenvalue weighted by Crippen LogP contribution is -2.46. The van der Waals surface area contributed by atoms with Crippen molar-refractivity contribution in [2.24, 2.45) is 5.92 Å². The van der Waals surface area contributed by atoms with E-state index in [0.29, 0.717) is 6.42 Å². The average molecular weight is 382 g/mol. The van der Waals surface area contributed by atoms with Crippen molar-refractivity contribution in [3.05, 3.63) is 71.5 Å². The summed E-state index contributed by atoms with van der Waals surface area (Å²) in [6, 6.07) is 15.8. The van der Waals surface area contributed by atoms with Gasteiger partial charge in [-0.05, 0) is 29.3 Å². The molecule has 2 aromatic carbocycles. The monoisotopic (exact) mass is 382 g/mol. The number of cyclic esters (lactones) is 1. The predicted molar refractivity (Wildman–Crippen MR) is 102 cm³/mol. The summed E-state index contributed by atoms with van der Waals surface area (Å²) < 4.78 is 16.4. The van der Waals surface area contributed by atoms with Gasteiger partial charge in [0.1, 0.15) is 5.75 Å². The first-order valence-corrected chi connectivity index (χ1v) is 9.05. The fourth-order valence-corrected chi connectivity index (χ4v) is 2.78. The van der Waals surface area contributed by atoms with E-state index in [1.165, 1.54) is 6.08 Å². The van der Waals surface area contributed by atoms with E-state index in [-0.39, 0.29) is 18.1 Å². The summed E-state index contributed by atoms with van der Waals surface area (Å²) in [7, 11) is 0. The van der Waals surface area contributed by atoms with Gasteiger partial charge in [-0.2, -0.15) is 0 Å². The highest BCUT2D eigenvalue weighted by Crippen LogP contribution is 2.36. The molecule has 0 spiro atoms. The molecule has 0 bridgehead atoms. The lowest BCUT2D eigenvalue weighted by molar-refractivity contribution is -0.217. The van der Waals surface area contributed by atoms with E-state index in [9.17, 15) is 14.7 Å². The topological polar surface area (TPSA) is 82.1 Å². The summed E-state index contributed by atoms with van der Waals surface area (Å²) in [6.45, 7) is 3.54. The van der Waals surface area contributed by atoms with Crippen LogP contribution in [0.1, 0.15) is 25.0 Å². The highest BCUT2D eigenvalue weighted by atomic mass is 16.8. The molecule has 6 heteroatoms. The van der Waals surface area contributed by atoms with Gasteiger partial charge in [-0.25, -0.2) is 9.59 Å². The Bertz CT molecular complexity index is 870. The zero-order chi connectivity index (χ0) is 20.1. The van der Waals surface area contributed by atoms with Gasteiger partial charge in [-0.1, -0.05) is 56.3 Å². The minimum absolute atomic E-state index is 0.0321. The molecule has 28 heavy (non-hydrogen) atoms. The van der Waals surface area contributed by atoms with Crippen LogP contribution in [0, 0.1) is 5.92 Å². The summed E-state index contributed by atoms with van der Waals surface area (Å²) in [5.41, 5.74) is 1.66. The van der Waals surface area contributed by atoms with Crippen molar-refractivity contribution in [1.29, 1.82) is 0 Å². The number of hydrogen-bond donors (Lipinski definition) is 1. The molecule has 1 aliphatic heterocycles. The van der Waals surface area contributed by atoms with Gasteiger partial charge in [0, 0.05) is 12.3 Å². The van der Waals surface area contributed by atoms with Gasteiger partial charge in [-0.3, -0.25) is 0 Å². The summed E-state index contributed by atoms with van der Waals surface area (Å²) in [4.78, 5) is 25.0. The van der Waals surface area contributed by atoms with Crippen LogP contribution < -0.4 is 0 Å². The zero-order valence-corrected chi connectivity index (χ0v) is 15.8. The number of carbonyl (C=O) groups is 2. The molecule has 2 aromatic rings. The van der Waals surface area contributed by atoms with E-state index < -0.39 is 23.6 Å². The van der Waals surface area contributed by atoms with Crippen molar-refractivity contribution in [2.45, 2.75) is 26.1 Å². The fraction of sp³-hybridized carbons (Fsp3) is 0.273. The molecule has 1 unspecified atom stereocenters. The number of carbonyl (C=O) groups excluding carboxylic acids is 2. The smallest absolute Gasteiger partial charge is 0.393 e. The summed E-state index contributed by atoms with van der Waals surface area (Å²) >= 11 is 0. The lowest BCUT2D eigenvalue weighted by Gasteiger charge is -2.27. The third kappa shape index (κ3) is 4.17. The molecule has 146 valence electrons. The minimum atomic E-state index is -1.80. The van der Waals surface area contributed by atoms with Gasteiger partial charge in [0.15, 0.2) is 0 Å². The first kappa shape index (κ1) is 19.5. The van der Waals surface area contributed by atoms with Crippen LogP contribution >= 0.6 is 0 Å². The Morgan fingerprint density at radius 1 is 1.11 bits per heavy atom. The van der Waals surface area contributed by atoms with Crippen molar-refractivity contribution in [3.8, 4) is 5.75 Å². The molecule has 6 nitrogen and oxygen atoms in total. The second kappa shape index (κ2) is 8.17. The van der Waals surface area contributed by atoms with Gasteiger partial charge in [0.2, 0.25) is 5.76 Å². The SMILES string of the molecule is CC(C)C1(C(=O)OCCc2ccc(O)cc2)OC(=O)/C(=C/c2ccccc2)O1. The number of aromatic hydroxyl groups is 1. The quantitative estimate of drug-likeness (QED) is 0.609. The summed E-state index contributed by atoms with van der Waals surface area (Å²) in [6.07, 6.45) is 2.00. The Balaban J connectivity index is 1.69. The second-order valence-corrected chi connectivity index (χ2v) is 6.79. The fourth-order valence-electron chi connectivity index (χ4n) is 2.78. The Morgan fingerprint density at radius 2 is 1.79 bits per heavy atom. The number of esters is 2. The van der Waals surface area contributed by atoms with Crippen LogP contribution in [0.5, 0.6) is 5.75 Å². The number of phenolic OH excluding ortho intramolecular Hbond substituents is 1. The first-order chi connectivity index (χ1) is 13.4. The average Bonchev–Trinajstić information content (AvgIpc) is 3.02. The van der Waals surface area contributed by atoms with Gasteiger partial charge >= 0.3 is 17.7 Å². The largest absolute Gasteiger partial charge is 0.508 e.